The fraction of sp³-hybridized carbons (Fsp3) is 0.318. The van der Waals surface area contributed by atoms with Gasteiger partial charge in [0.15, 0.2) is 5.58 Å². The van der Waals surface area contributed by atoms with Crippen molar-refractivity contribution in [2.45, 2.75) is 25.2 Å². The van der Waals surface area contributed by atoms with Crippen molar-refractivity contribution in [1.29, 1.82) is 0 Å². The van der Waals surface area contributed by atoms with Crippen LogP contribution in [0.3, 0.4) is 0 Å². The first-order valence-corrected chi connectivity index (χ1v) is 10.3. The number of oxazole rings is 1. The molecular weight excluding hydrogens is 388 g/mol. The summed E-state index contributed by atoms with van der Waals surface area (Å²) in [5.74, 6) is 1.69. The van der Waals surface area contributed by atoms with E-state index >= 15 is 0 Å². The Labute approximate surface area is 172 Å². The maximum Gasteiger partial charge on any atom is 0.298 e. The summed E-state index contributed by atoms with van der Waals surface area (Å²) in [6, 6.07) is 16.2. The van der Waals surface area contributed by atoms with E-state index in [1.807, 2.05) is 48.5 Å². The SMILES string of the molecule is Clc1cccc(-c2noc([C@@H]3CC34CCN(c3nc5ccccc5o3)CC4)n2)c1. The first-order valence-electron chi connectivity index (χ1n) is 9.90. The molecule has 6 rings (SSSR count). The number of anilines is 1. The lowest BCUT2D eigenvalue weighted by Crippen LogP contribution is -2.35. The second-order valence-electron chi connectivity index (χ2n) is 8.04. The van der Waals surface area contributed by atoms with Crippen molar-refractivity contribution < 1.29 is 8.94 Å². The molecule has 1 aliphatic heterocycles. The van der Waals surface area contributed by atoms with E-state index in [9.17, 15) is 0 Å². The molecule has 4 aromatic rings. The van der Waals surface area contributed by atoms with Crippen LogP contribution in [0.2, 0.25) is 5.02 Å². The Bertz CT molecular complexity index is 1160. The summed E-state index contributed by atoms with van der Waals surface area (Å²) in [6.45, 7) is 1.86. The molecule has 29 heavy (non-hydrogen) atoms. The fourth-order valence-electron chi connectivity index (χ4n) is 4.51. The number of rotatable bonds is 3. The average Bonchev–Trinajstić information content (AvgIpc) is 3.12. The Balaban J connectivity index is 1.16. The molecule has 3 heterocycles. The summed E-state index contributed by atoms with van der Waals surface area (Å²) >= 11 is 6.08. The van der Waals surface area contributed by atoms with Gasteiger partial charge in [0.05, 0.1) is 0 Å². The first kappa shape index (κ1) is 17.0. The van der Waals surface area contributed by atoms with Crippen LogP contribution in [0.25, 0.3) is 22.5 Å². The smallest absolute Gasteiger partial charge is 0.298 e. The van der Waals surface area contributed by atoms with Crippen LogP contribution >= 0.6 is 11.6 Å². The molecule has 0 unspecified atom stereocenters. The second-order valence-corrected chi connectivity index (χ2v) is 8.47. The van der Waals surface area contributed by atoms with E-state index in [-0.39, 0.29) is 5.41 Å². The Morgan fingerprint density at radius 1 is 1.03 bits per heavy atom. The monoisotopic (exact) mass is 406 g/mol. The summed E-state index contributed by atoms with van der Waals surface area (Å²) in [7, 11) is 0. The molecule has 7 heteroatoms. The molecule has 1 atom stereocenters. The number of halogens is 1. The van der Waals surface area contributed by atoms with Gasteiger partial charge in [-0.1, -0.05) is 41.0 Å². The lowest BCUT2D eigenvalue weighted by atomic mass is 9.91. The highest BCUT2D eigenvalue weighted by Gasteiger charge is 2.58. The predicted molar refractivity (Wildman–Crippen MR) is 110 cm³/mol. The van der Waals surface area contributed by atoms with Gasteiger partial charge in [0, 0.05) is 29.6 Å². The molecule has 2 fully saturated rings. The number of hydrogen-bond acceptors (Lipinski definition) is 6. The molecular formula is C22H19ClN4O2. The number of piperidine rings is 1. The van der Waals surface area contributed by atoms with Crippen LogP contribution in [0.15, 0.2) is 57.5 Å². The summed E-state index contributed by atoms with van der Waals surface area (Å²) in [4.78, 5) is 11.5. The zero-order chi connectivity index (χ0) is 19.4. The third-order valence-electron chi connectivity index (χ3n) is 6.32. The number of fused-ring (bicyclic) bond motifs is 1. The summed E-state index contributed by atoms with van der Waals surface area (Å²) in [5, 5.41) is 4.84. The van der Waals surface area contributed by atoms with Crippen LogP contribution < -0.4 is 4.90 Å². The van der Waals surface area contributed by atoms with Crippen molar-refractivity contribution >= 4 is 28.7 Å². The highest BCUT2D eigenvalue weighted by atomic mass is 35.5. The van der Waals surface area contributed by atoms with E-state index in [2.05, 4.69) is 20.0 Å². The third kappa shape index (κ3) is 2.90. The van der Waals surface area contributed by atoms with Crippen LogP contribution in [0.5, 0.6) is 0 Å². The Hall–Kier alpha value is -2.86. The molecule has 2 aromatic heterocycles. The summed E-state index contributed by atoms with van der Waals surface area (Å²) in [5.41, 5.74) is 2.90. The Kier molecular flexibility index (Phi) is 3.71. The highest BCUT2D eigenvalue weighted by Crippen LogP contribution is 2.64. The topological polar surface area (TPSA) is 68.2 Å². The number of nitrogens with zero attached hydrogens (tertiary/aromatic N) is 4. The molecule has 1 spiro atoms. The van der Waals surface area contributed by atoms with E-state index in [4.69, 9.17) is 20.5 Å². The van der Waals surface area contributed by atoms with Gasteiger partial charge in [0.25, 0.3) is 6.01 Å². The van der Waals surface area contributed by atoms with Gasteiger partial charge in [-0.3, -0.25) is 0 Å². The lowest BCUT2D eigenvalue weighted by molar-refractivity contribution is 0.321. The van der Waals surface area contributed by atoms with Crippen molar-refractivity contribution in [3.05, 3.63) is 59.4 Å². The van der Waals surface area contributed by atoms with Crippen molar-refractivity contribution in [3.8, 4) is 11.4 Å². The average molecular weight is 407 g/mol. The zero-order valence-corrected chi connectivity index (χ0v) is 16.5. The minimum Gasteiger partial charge on any atom is -0.423 e. The molecule has 1 aliphatic carbocycles. The number of benzene rings is 2. The van der Waals surface area contributed by atoms with Gasteiger partial charge < -0.3 is 13.8 Å². The van der Waals surface area contributed by atoms with Gasteiger partial charge in [0.2, 0.25) is 11.7 Å². The van der Waals surface area contributed by atoms with Crippen molar-refractivity contribution in [2.75, 3.05) is 18.0 Å². The highest BCUT2D eigenvalue weighted by molar-refractivity contribution is 6.30. The molecule has 146 valence electrons. The number of para-hydroxylation sites is 2. The van der Waals surface area contributed by atoms with Gasteiger partial charge in [0.1, 0.15) is 5.52 Å². The molecule has 1 saturated heterocycles. The second kappa shape index (κ2) is 6.32. The lowest BCUT2D eigenvalue weighted by Gasteiger charge is -2.31. The first-order chi connectivity index (χ1) is 14.2. The zero-order valence-electron chi connectivity index (χ0n) is 15.7. The van der Waals surface area contributed by atoms with E-state index < -0.39 is 0 Å². The largest absolute Gasteiger partial charge is 0.423 e. The molecule has 6 nitrogen and oxygen atoms in total. The van der Waals surface area contributed by atoms with E-state index in [0.717, 1.165) is 60.9 Å². The maximum atomic E-state index is 6.08. The van der Waals surface area contributed by atoms with Gasteiger partial charge >= 0.3 is 0 Å². The molecule has 0 N–H and O–H groups in total. The third-order valence-corrected chi connectivity index (χ3v) is 6.56. The minimum absolute atomic E-state index is 0.265. The maximum absolute atomic E-state index is 6.08. The minimum atomic E-state index is 0.265. The molecule has 0 bridgehead atoms. The fourth-order valence-corrected chi connectivity index (χ4v) is 4.70. The van der Waals surface area contributed by atoms with Crippen LogP contribution in [0.1, 0.15) is 31.1 Å². The van der Waals surface area contributed by atoms with E-state index in [0.29, 0.717) is 16.8 Å². The molecule has 1 saturated carbocycles. The van der Waals surface area contributed by atoms with Crippen molar-refractivity contribution in [2.24, 2.45) is 5.41 Å². The standard InChI is InChI=1S/C22H19ClN4O2/c23-15-5-3-4-14(12-15)19-25-20(29-26-19)16-13-22(16)8-10-27(11-9-22)21-24-17-6-1-2-7-18(17)28-21/h1-7,12,16H,8-11,13H2/t16-/m0/s1. The van der Waals surface area contributed by atoms with E-state index in [1.165, 1.54) is 0 Å². The van der Waals surface area contributed by atoms with E-state index in [1.54, 1.807) is 0 Å². The predicted octanol–water partition coefficient (Wildman–Crippen LogP) is 5.31. The molecule has 0 radical (unpaired) electrons. The quantitative estimate of drug-likeness (QED) is 0.459. The van der Waals surface area contributed by atoms with Gasteiger partial charge in [-0.15, -0.1) is 0 Å². The van der Waals surface area contributed by atoms with Gasteiger partial charge in [-0.2, -0.15) is 9.97 Å². The molecule has 2 aromatic carbocycles. The number of aromatic nitrogens is 3. The Morgan fingerprint density at radius 3 is 2.72 bits per heavy atom. The Morgan fingerprint density at radius 2 is 1.90 bits per heavy atom. The molecule has 0 amide bonds. The van der Waals surface area contributed by atoms with Gasteiger partial charge in [-0.05, 0) is 48.9 Å². The van der Waals surface area contributed by atoms with Crippen molar-refractivity contribution in [3.63, 3.8) is 0 Å². The summed E-state index contributed by atoms with van der Waals surface area (Å²) < 4.78 is 11.5. The van der Waals surface area contributed by atoms with Crippen LogP contribution in [0.4, 0.5) is 6.01 Å². The van der Waals surface area contributed by atoms with Crippen LogP contribution in [0, 0.1) is 5.41 Å². The van der Waals surface area contributed by atoms with Crippen LogP contribution in [-0.2, 0) is 0 Å². The van der Waals surface area contributed by atoms with Crippen molar-refractivity contribution in [1.82, 2.24) is 15.1 Å². The summed E-state index contributed by atoms with van der Waals surface area (Å²) in [6.07, 6.45) is 3.25. The van der Waals surface area contributed by atoms with Gasteiger partial charge in [-0.25, -0.2) is 0 Å². The van der Waals surface area contributed by atoms with Crippen LogP contribution in [-0.4, -0.2) is 28.2 Å². The number of hydrogen-bond donors (Lipinski definition) is 0. The molecule has 2 aliphatic rings. The normalized spacial score (nSPS) is 20.4.